The lowest BCUT2D eigenvalue weighted by atomic mass is 9.96. The first kappa shape index (κ1) is 11.3. The number of nitrogens with one attached hydrogen (secondary N) is 1. The van der Waals surface area contributed by atoms with E-state index in [9.17, 15) is 0 Å². The maximum Gasteiger partial charge on any atom is 0.0496 e. The van der Waals surface area contributed by atoms with Crippen LogP contribution in [0, 0.1) is 0 Å². The van der Waals surface area contributed by atoms with Gasteiger partial charge in [-0.25, -0.2) is 0 Å². The molecule has 2 heterocycles. The van der Waals surface area contributed by atoms with Crippen LogP contribution in [0.3, 0.4) is 0 Å². The van der Waals surface area contributed by atoms with Gasteiger partial charge in [0.1, 0.15) is 0 Å². The quantitative estimate of drug-likeness (QED) is 0.845. The van der Waals surface area contributed by atoms with E-state index < -0.39 is 0 Å². The molecule has 3 rings (SSSR count). The zero-order valence-electron chi connectivity index (χ0n) is 10.3. The van der Waals surface area contributed by atoms with Gasteiger partial charge in [0.2, 0.25) is 0 Å². The summed E-state index contributed by atoms with van der Waals surface area (Å²) in [5.41, 5.74) is 4.22. The molecule has 17 heavy (non-hydrogen) atoms. The zero-order valence-corrected chi connectivity index (χ0v) is 11.8. The summed E-state index contributed by atoms with van der Waals surface area (Å²) in [4.78, 5) is 6.06. The molecule has 1 aliphatic heterocycles. The lowest BCUT2D eigenvalue weighted by Gasteiger charge is -2.31. The topological polar surface area (TPSA) is 19.0 Å². The molecule has 1 atom stereocenters. The summed E-state index contributed by atoms with van der Waals surface area (Å²) in [5.74, 6) is 0. The molecule has 1 aromatic heterocycles. The predicted octanol–water partition coefficient (Wildman–Crippen LogP) is 3.87. The fourth-order valence-corrected chi connectivity index (χ4v) is 3.34. The van der Waals surface area contributed by atoms with Gasteiger partial charge in [-0.15, -0.1) is 0 Å². The molecule has 2 nitrogen and oxygen atoms in total. The Bertz CT molecular complexity index is 559. The van der Waals surface area contributed by atoms with E-state index in [0.29, 0.717) is 6.04 Å². The summed E-state index contributed by atoms with van der Waals surface area (Å²) in [6.45, 7) is 3.42. The summed E-state index contributed by atoms with van der Waals surface area (Å²) < 4.78 is 1.17. The minimum atomic E-state index is 0.546. The summed E-state index contributed by atoms with van der Waals surface area (Å²) in [5, 5.41) is 1.39. The first-order valence-electron chi connectivity index (χ1n) is 6.21. The predicted molar refractivity (Wildman–Crippen MR) is 75.4 cm³/mol. The number of aromatic nitrogens is 1. The Balaban J connectivity index is 2.23. The second-order valence-electron chi connectivity index (χ2n) is 4.86. The van der Waals surface area contributed by atoms with Gasteiger partial charge >= 0.3 is 0 Å². The smallest absolute Gasteiger partial charge is 0.0496 e. The summed E-state index contributed by atoms with van der Waals surface area (Å²) in [6, 6.07) is 7.06. The third-order valence-corrected chi connectivity index (χ3v) is 4.36. The molecule has 0 aliphatic carbocycles. The van der Waals surface area contributed by atoms with E-state index in [0.717, 1.165) is 19.4 Å². The molecule has 0 amide bonds. The van der Waals surface area contributed by atoms with Gasteiger partial charge in [-0.05, 0) is 43.7 Å². The molecule has 0 radical (unpaired) electrons. The number of rotatable bonds is 1. The van der Waals surface area contributed by atoms with Crippen LogP contribution in [0.2, 0.25) is 0 Å². The van der Waals surface area contributed by atoms with Crippen molar-refractivity contribution < 1.29 is 0 Å². The van der Waals surface area contributed by atoms with Gasteiger partial charge < -0.3 is 4.98 Å². The molecule has 1 aliphatic rings. The zero-order chi connectivity index (χ0) is 12.0. The SMILES string of the molecule is CCC1c2[nH]c3ccc(Br)cc3c2CCN1C. The van der Waals surface area contributed by atoms with E-state index in [1.165, 1.54) is 26.6 Å². The molecule has 0 fully saturated rings. The van der Waals surface area contributed by atoms with Crippen LogP contribution in [0.5, 0.6) is 0 Å². The van der Waals surface area contributed by atoms with Crippen molar-refractivity contribution in [2.75, 3.05) is 13.6 Å². The highest BCUT2D eigenvalue weighted by Crippen LogP contribution is 2.36. The van der Waals surface area contributed by atoms with E-state index in [1.807, 2.05) is 0 Å². The van der Waals surface area contributed by atoms with E-state index in [4.69, 9.17) is 0 Å². The number of likely N-dealkylation sites (N-methyl/N-ethyl adjacent to an activating group) is 1. The number of halogens is 1. The third-order valence-electron chi connectivity index (χ3n) is 3.87. The first-order chi connectivity index (χ1) is 8.20. The van der Waals surface area contributed by atoms with E-state index in [-0.39, 0.29) is 0 Å². The fourth-order valence-electron chi connectivity index (χ4n) is 2.97. The van der Waals surface area contributed by atoms with Crippen molar-refractivity contribution in [2.45, 2.75) is 25.8 Å². The molecule has 1 aromatic carbocycles. The molecule has 1 N–H and O–H groups in total. The average molecular weight is 293 g/mol. The average Bonchev–Trinajstić information content (AvgIpc) is 2.67. The largest absolute Gasteiger partial charge is 0.357 e. The normalized spacial score (nSPS) is 20.8. The van der Waals surface area contributed by atoms with Crippen LogP contribution >= 0.6 is 15.9 Å². The molecule has 3 heteroatoms. The van der Waals surface area contributed by atoms with Crippen LogP contribution in [0.15, 0.2) is 22.7 Å². The van der Waals surface area contributed by atoms with Crippen LogP contribution in [0.4, 0.5) is 0 Å². The number of aromatic amines is 1. The highest BCUT2D eigenvalue weighted by atomic mass is 79.9. The van der Waals surface area contributed by atoms with Crippen molar-refractivity contribution in [3.8, 4) is 0 Å². The van der Waals surface area contributed by atoms with Gasteiger partial charge in [0.05, 0.1) is 0 Å². The Morgan fingerprint density at radius 1 is 1.47 bits per heavy atom. The first-order valence-corrected chi connectivity index (χ1v) is 7.00. The van der Waals surface area contributed by atoms with Gasteiger partial charge in [-0.1, -0.05) is 22.9 Å². The van der Waals surface area contributed by atoms with Crippen LogP contribution in [-0.2, 0) is 6.42 Å². The molecule has 0 bridgehead atoms. The number of fused-ring (bicyclic) bond motifs is 3. The number of nitrogens with zero attached hydrogens (tertiary/aromatic N) is 1. The second kappa shape index (κ2) is 4.14. The molecule has 90 valence electrons. The second-order valence-corrected chi connectivity index (χ2v) is 5.78. The minimum Gasteiger partial charge on any atom is -0.357 e. The Morgan fingerprint density at radius 3 is 3.06 bits per heavy atom. The van der Waals surface area contributed by atoms with Gasteiger partial charge in [-0.2, -0.15) is 0 Å². The van der Waals surface area contributed by atoms with Gasteiger partial charge in [0.15, 0.2) is 0 Å². The molecular weight excluding hydrogens is 276 g/mol. The Morgan fingerprint density at radius 2 is 2.29 bits per heavy atom. The van der Waals surface area contributed by atoms with Crippen molar-refractivity contribution in [1.29, 1.82) is 0 Å². The summed E-state index contributed by atoms with van der Waals surface area (Å²) in [6.07, 6.45) is 2.32. The standard InChI is InChI=1S/C14H17BrN2/c1-3-13-14-10(6-7-17(13)2)11-8-9(15)4-5-12(11)16-14/h4-5,8,13,16H,3,6-7H2,1-2H3. The Labute approximate surface area is 110 Å². The van der Waals surface area contributed by atoms with E-state index in [2.05, 4.69) is 58.0 Å². The highest BCUT2D eigenvalue weighted by molar-refractivity contribution is 9.10. The maximum absolute atomic E-state index is 3.61. The minimum absolute atomic E-state index is 0.546. The van der Waals surface area contributed by atoms with E-state index in [1.54, 1.807) is 0 Å². The molecule has 1 unspecified atom stereocenters. The maximum atomic E-state index is 3.61. The summed E-state index contributed by atoms with van der Waals surface area (Å²) >= 11 is 3.56. The lowest BCUT2D eigenvalue weighted by Crippen LogP contribution is -2.31. The Hall–Kier alpha value is -0.800. The molecule has 0 saturated heterocycles. The Kier molecular flexibility index (Phi) is 2.75. The molecule has 0 saturated carbocycles. The van der Waals surface area contributed by atoms with Gasteiger partial charge in [0, 0.05) is 33.7 Å². The van der Waals surface area contributed by atoms with Crippen LogP contribution in [0.1, 0.15) is 30.6 Å². The monoisotopic (exact) mass is 292 g/mol. The number of benzene rings is 1. The lowest BCUT2D eigenvalue weighted by molar-refractivity contribution is 0.222. The fraction of sp³-hybridized carbons (Fsp3) is 0.429. The number of hydrogen-bond donors (Lipinski definition) is 1. The number of H-pyrrole nitrogens is 1. The van der Waals surface area contributed by atoms with Crippen molar-refractivity contribution in [3.63, 3.8) is 0 Å². The van der Waals surface area contributed by atoms with Gasteiger partial charge in [0.25, 0.3) is 0 Å². The van der Waals surface area contributed by atoms with Gasteiger partial charge in [-0.3, -0.25) is 4.90 Å². The highest BCUT2D eigenvalue weighted by Gasteiger charge is 2.26. The van der Waals surface area contributed by atoms with Crippen molar-refractivity contribution >= 4 is 26.8 Å². The molecule has 2 aromatic rings. The molecular formula is C14H17BrN2. The van der Waals surface area contributed by atoms with Crippen LogP contribution in [0.25, 0.3) is 10.9 Å². The van der Waals surface area contributed by atoms with Crippen molar-refractivity contribution in [2.24, 2.45) is 0 Å². The summed E-state index contributed by atoms with van der Waals surface area (Å²) in [7, 11) is 2.22. The van der Waals surface area contributed by atoms with Crippen LogP contribution < -0.4 is 0 Å². The van der Waals surface area contributed by atoms with Crippen molar-refractivity contribution in [1.82, 2.24) is 9.88 Å². The van der Waals surface area contributed by atoms with Crippen LogP contribution in [-0.4, -0.2) is 23.5 Å². The van der Waals surface area contributed by atoms with Crippen molar-refractivity contribution in [3.05, 3.63) is 33.9 Å². The number of hydrogen-bond acceptors (Lipinski definition) is 1. The third kappa shape index (κ3) is 1.72. The van der Waals surface area contributed by atoms with E-state index >= 15 is 0 Å². The molecule has 0 spiro atoms.